The number of carboxylic acids is 1. The zero-order chi connectivity index (χ0) is 11.4. The van der Waals surface area contributed by atoms with Crippen molar-refractivity contribution in [3.8, 4) is 0 Å². The fourth-order valence-electron chi connectivity index (χ4n) is 1.85. The number of amides is 1. The average molecular weight is 214 g/mol. The van der Waals surface area contributed by atoms with Gasteiger partial charge in [-0.05, 0) is 6.92 Å². The van der Waals surface area contributed by atoms with Crippen LogP contribution in [0.5, 0.6) is 0 Å². The van der Waals surface area contributed by atoms with Gasteiger partial charge < -0.3 is 10.0 Å². The summed E-state index contributed by atoms with van der Waals surface area (Å²) in [6.45, 7) is 6.35. The van der Waals surface area contributed by atoms with E-state index < -0.39 is 5.97 Å². The summed E-state index contributed by atoms with van der Waals surface area (Å²) in [7, 11) is 0. The lowest BCUT2D eigenvalue weighted by molar-refractivity contribution is -0.138. The number of piperazine rings is 1. The Bertz CT molecular complexity index is 255. The van der Waals surface area contributed by atoms with Gasteiger partial charge in [-0.25, -0.2) is 0 Å². The smallest absolute Gasteiger partial charge is 0.304 e. The van der Waals surface area contributed by atoms with E-state index in [2.05, 4.69) is 4.90 Å². The Morgan fingerprint density at radius 3 is 2.53 bits per heavy atom. The van der Waals surface area contributed by atoms with Gasteiger partial charge in [-0.1, -0.05) is 0 Å². The van der Waals surface area contributed by atoms with Crippen molar-refractivity contribution < 1.29 is 14.7 Å². The van der Waals surface area contributed by atoms with Crippen LogP contribution in [0.1, 0.15) is 20.3 Å². The summed E-state index contributed by atoms with van der Waals surface area (Å²) in [5.41, 5.74) is 0. The lowest BCUT2D eigenvalue weighted by atomic mass is 10.2. The van der Waals surface area contributed by atoms with Crippen LogP contribution in [-0.4, -0.2) is 59.0 Å². The molecule has 1 rings (SSSR count). The molecule has 1 aliphatic rings. The molecule has 1 atom stereocenters. The van der Waals surface area contributed by atoms with Crippen LogP contribution < -0.4 is 0 Å². The van der Waals surface area contributed by atoms with Crippen molar-refractivity contribution in [2.45, 2.75) is 26.3 Å². The summed E-state index contributed by atoms with van der Waals surface area (Å²) in [5, 5.41) is 8.58. The van der Waals surface area contributed by atoms with E-state index in [9.17, 15) is 9.59 Å². The molecule has 0 aliphatic carbocycles. The number of hydrogen-bond donors (Lipinski definition) is 1. The third kappa shape index (κ3) is 3.51. The monoisotopic (exact) mass is 214 g/mol. The second-order valence-electron chi connectivity index (χ2n) is 3.99. The van der Waals surface area contributed by atoms with E-state index in [4.69, 9.17) is 5.11 Å². The van der Waals surface area contributed by atoms with Gasteiger partial charge in [0, 0.05) is 39.1 Å². The average Bonchev–Trinajstić information content (AvgIpc) is 2.15. The predicted molar refractivity (Wildman–Crippen MR) is 55.5 cm³/mol. The number of carbonyl (C=O) groups is 2. The Kier molecular flexibility index (Phi) is 4.08. The molecule has 86 valence electrons. The van der Waals surface area contributed by atoms with E-state index >= 15 is 0 Å². The third-order valence-electron chi connectivity index (χ3n) is 2.82. The highest BCUT2D eigenvalue weighted by atomic mass is 16.4. The molecule has 0 saturated carbocycles. The highest BCUT2D eigenvalue weighted by Crippen LogP contribution is 2.09. The van der Waals surface area contributed by atoms with Gasteiger partial charge in [0.1, 0.15) is 0 Å². The highest BCUT2D eigenvalue weighted by molar-refractivity contribution is 5.73. The van der Waals surface area contributed by atoms with Gasteiger partial charge in [-0.3, -0.25) is 14.5 Å². The molecule has 0 aromatic rings. The van der Waals surface area contributed by atoms with Crippen LogP contribution in [0.15, 0.2) is 0 Å². The van der Waals surface area contributed by atoms with Crippen LogP contribution in [0.3, 0.4) is 0 Å². The third-order valence-corrected chi connectivity index (χ3v) is 2.82. The Balaban J connectivity index is 2.38. The first-order valence-electron chi connectivity index (χ1n) is 5.22. The SMILES string of the molecule is CC(=O)N1CCN(CCC(=O)O)[C@@H](C)C1. The quantitative estimate of drug-likeness (QED) is 0.719. The van der Waals surface area contributed by atoms with Gasteiger partial charge in [0.2, 0.25) is 5.91 Å². The molecule has 0 aromatic heterocycles. The molecule has 1 amide bonds. The second-order valence-corrected chi connectivity index (χ2v) is 3.99. The molecule has 1 N–H and O–H groups in total. The largest absolute Gasteiger partial charge is 0.481 e. The minimum absolute atomic E-state index is 0.0970. The number of nitrogens with zero attached hydrogens (tertiary/aromatic N) is 2. The van der Waals surface area contributed by atoms with Crippen LogP contribution in [0.25, 0.3) is 0 Å². The standard InChI is InChI=1S/C10H18N2O3/c1-8-7-12(9(2)13)6-5-11(8)4-3-10(14)15/h8H,3-7H2,1-2H3,(H,14,15)/t8-/m0/s1. The number of rotatable bonds is 3. The predicted octanol–water partition coefficient (Wildman–Crippen LogP) is 0.0137. The number of hydrogen-bond acceptors (Lipinski definition) is 3. The molecule has 0 unspecified atom stereocenters. The number of carboxylic acid groups (broad SMARTS) is 1. The molecule has 1 saturated heterocycles. The summed E-state index contributed by atoms with van der Waals surface area (Å²) in [5.74, 6) is -0.670. The normalized spacial score (nSPS) is 22.8. The summed E-state index contributed by atoms with van der Waals surface area (Å²) in [6, 6.07) is 0.252. The van der Waals surface area contributed by atoms with E-state index in [1.807, 2.05) is 11.8 Å². The van der Waals surface area contributed by atoms with Gasteiger partial charge in [0.15, 0.2) is 0 Å². The molecule has 0 spiro atoms. The molecule has 1 aliphatic heterocycles. The Morgan fingerprint density at radius 1 is 1.40 bits per heavy atom. The van der Waals surface area contributed by atoms with Crippen LogP contribution in [0.2, 0.25) is 0 Å². The van der Waals surface area contributed by atoms with Crippen LogP contribution >= 0.6 is 0 Å². The molecule has 1 fully saturated rings. The fourth-order valence-corrected chi connectivity index (χ4v) is 1.85. The van der Waals surface area contributed by atoms with Crippen LogP contribution in [0, 0.1) is 0 Å². The molecule has 5 nitrogen and oxygen atoms in total. The van der Waals surface area contributed by atoms with E-state index in [-0.39, 0.29) is 18.4 Å². The molecular weight excluding hydrogens is 196 g/mol. The van der Waals surface area contributed by atoms with Crippen molar-refractivity contribution in [1.29, 1.82) is 0 Å². The van der Waals surface area contributed by atoms with Crippen molar-refractivity contribution in [2.75, 3.05) is 26.2 Å². The first-order chi connectivity index (χ1) is 7.00. The maximum Gasteiger partial charge on any atom is 0.304 e. The molecule has 0 bridgehead atoms. The van der Waals surface area contributed by atoms with Gasteiger partial charge in [-0.2, -0.15) is 0 Å². The van der Waals surface area contributed by atoms with Crippen molar-refractivity contribution in [3.05, 3.63) is 0 Å². The summed E-state index contributed by atoms with van der Waals surface area (Å²) in [6.07, 6.45) is 0.171. The van der Waals surface area contributed by atoms with Crippen molar-refractivity contribution in [3.63, 3.8) is 0 Å². The molecule has 0 aromatic carbocycles. The second kappa shape index (κ2) is 5.11. The minimum Gasteiger partial charge on any atom is -0.481 e. The van der Waals surface area contributed by atoms with Crippen LogP contribution in [-0.2, 0) is 9.59 Å². The topological polar surface area (TPSA) is 60.9 Å². The zero-order valence-electron chi connectivity index (χ0n) is 9.27. The summed E-state index contributed by atoms with van der Waals surface area (Å²) < 4.78 is 0. The van der Waals surface area contributed by atoms with E-state index in [0.717, 1.165) is 6.54 Å². The molecular formula is C10H18N2O3. The lowest BCUT2D eigenvalue weighted by Gasteiger charge is -2.39. The zero-order valence-corrected chi connectivity index (χ0v) is 9.27. The maximum atomic E-state index is 11.1. The highest BCUT2D eigenvalue weighted by Gasteiger charge is 2.24. The summed E-state index contributed by atoms with van der Waals surface area (Å²) >= 11 is 0. The molecule has 1 heterocycles. The molecule has 0 radical (unpaired) electrons. The Hall–Kier alpha value is -1.10. The van der Waals surface area contributed by atoms with Gasteiger partial charge in [-0.15, -0.1) is 0 Å². The van der Waals surface area contributed by atoms with Crippen LogP contribution in [0.4, 0.5) is 0 Å². The summed E-state index contributed by atoms with van der Waals surface area (Å²) in [4.78, 5) is 25.5. The van der Waals surface area contributed by atoms with Crippen molar-refractivity contribution in [2.24, 2.45) is 0 Å². The van der Waals surface area contributed by atoms with Gasteiger partial charge in [0.25, 0.3) is 0 Å². The first kappa shape index (κ1) is 12.0. The van der Waals surface area contributed by atoms with Crippen molar-refractivity contribution >= 4 is 11.9 Å². The van der Waals surface area contributed by atoms with E-state index in [1.165, 1.54) is 0 Å². The number of aliphatic carboxylic acids is 1. The fraction of sp³-hybridized carbons (Fsp3) is 0.800. The minimum atomic E-state index is -0.767. The Morgan fingerprint density at radius 2 is 2.07 bits per heavy atom. The van der Waals surface area contributed by atoms with Gasteiger partial charge in [0.05, 0.1) is 6.42 Å². The Labute approximate surface area is 89.7 Å². The van der Waals surface area contributed by atoms with Crippen molar-refractivity contribution in [1.82, 2.24) is 9.80 Å². The van der Waals surface area contributed by atoms with Gasteiger partial charge >= 0.3 is 5.97 Å². The number of carbonyl (C=O) groups excluding carboxylic acids is 1. The van der Waals surface area contributed by atoms with E-state index in [1.54, 1.807) is 6.92 Å². The lowest BCUT2D eigenvalue weighted by Crippen LogP contribution is -2.53. The molecule has 15 heavy (non-hydrogen) atoms. The maximum absolute atomic E-state index is 11.1. The first-order valence-corrected chi connectivity index (χ1v) is 5.22. The molecule has 5 heteroatoms. The van der Waals surface area contributed by atoms with E-state index in [0.29, 0.717) is 19.6 Å².